The summed E-state index contributed by atoms with van der Waals surface area (Å²) in [5, 5.41) is 11.5. The lowest BCUT2D eigenvalue weighted by molar-refractivity contribution is 0.0933. The van der Waals surface area contributed by atoms with Crippen molar-refractivity contribution in [2.24, 2.45) is 0 Å². The first-order valence-corrected chi connectivity index (χ1v) is 8.49. The molecule has 1 amide bonds. The zero-order chi connectivity index (χ0) is 17.6. The number of nitrogens with one attached hydrogen (secondary N) is 1. The fourth-order valence-corrected chi connectivity index (χ4v) is 3.28. The molecule has 3 aromatic heterocycles. The standard InChI is InChI=1S/C17H19N5O3/c1-4-12-20-16(24-22-12)9(3)18-15(23)14-10-6-5-7-11(10)19-17-13(14)8(2)21-25-17/h9H,4-7H2,1-3H3,(H,18,23)/t9-/m0/s1. The summed E-state index contributed by atoms with van der Waals surface area (Å²) in [7, 11) is 0. The minimum absolute atomic E-state index is 0.194. The number of aromatic nitrogens is 4. The Balaban J connectivity index is 1.71. The Labute approximate surface area is 144 Å². The van der Waals surface area contributed by atoms with Gasteiger partial charge in [0.25, 0.3) is 11.6 Å². The lowest BCUT2D eigenvalue weighted by Gasteiger charge is -2.13. The number of hydrogen-bond donors (Lipinski definition) is 1. The van der Waals surface area contributed by atoms with Gasteiger partial charge in [0.05, 0.1) is 16.6 Å². The zero-order valence-corrected chi connectivity index (χ0v) is 14.4. The molecule has 0 bridgehead atoms. The van der Waals surface area contributed by atoms with Crippen LogP contribution in [0.5, 0.6) is 0 Å². The van der Waals surface area contributed by atoms with Crippen molar-refractivity contribution in [3.05, 3.63) is 34.2 Å². The van der Waals surface area contributed by atoms with Gasteiger partial charge >= 0.3 is 0 Å². The Kier molecular flexibility index (Phi) is 3.74. The van der Waals surface area contributed by atoms with Gasteiger partial charge in [0.2, 0.25) is 5.89 Å². The second-order valence-corrected chi connectivity index (χ2v) is 6.31. The van der Waals surface area contributed by atoms with Gasteiger partial charge in [0.15, 0.2) is 5.82 Å². The van der Waals surface area contributed by atoms with Crippen LogP contribution in [0.2, 0.25) is 0 Å². The van der Waals surface area contributed by atoms with E-state index in [0.717, 1.165) is 30.5 Å². The summed E-state index contributed by atoms with van der Waals surface area (Å²) in [6, 6.07) is -0.388. The molecule has 1 atom stereocenters. The first-order valence-electron chi connectivity index (χ1n) is 8.49. The summed E-state index contributed by atoms with van der Waals surface area (Å²) in [5.41, 5.74) is 3.61. The van der Waals surface area contributed by atoms with Crippen molar-refractivity contribution in [1.82, 2.24) is 25.6 Å². The predicted molar refractivity (Wildman–Crippen MR) is 88.1 cm³/mol. The maximum absolute atomic E-state index is 13.0. The summed E-state index contributed by atoms with van der Waals surface area (Å²) in [5.74, 6) is 0.827. The minimum Gasteiger partial charge on any atom is -0.340 e. The van der Waals surface area contributed by atoms with E-state index in [4.69, 9.17) is 9.05 Å². The van der Waals surface area contributed by atoms with Crippen LogP contribution in [0.4, 0.5) is 0 Å². The van der Waals surface area contributed by atoms with E-state index in [1.54, 1.807) is 0 Å². The van der Waals surface area contributed by atoms with Crippen LogP contribution in [0.25, 0.3) is 11.1 Å². The molecule has 0 aliphatic heterocycles. The third-order valence-corrected chi connectivity index (χ3v) is 4.57. The van der Waals surface area contributed by atoms with E-state index in [0.29, 0.717) is 40.5 Å². The fourth-order valence-electron chi connectivity index (χ4n) is 3.28. The van der Waals surface area contributed by atoms with Gasteiger partial charge in [0.1, 0.15) is 6.04 Å². The molecule has 8 heteroatoms. The maximum atomic E-state index is 13.0. The van der Waals surface area contributed by atoms with E-state index in [-0.39, 0.29) is 11.9 Å². The van der Waals surface area contributed by atoms with Crippen molar-refractivity contribution >= 4 is 17.0 Å². The smallest absolute Gasteiger partial charge is 0.259 e. The number of carbonyl (C=O) groups excluding carboxylic acids is 1. The monoisotopic (exact) mass is 341 g/mol. The van der Waals surface area contributed by atoms with Gasteiger partial charge < -0.3 is 14.4 Å². The average Bonchev–Trinajstić information content (AvgIpc) is 3.32. The van der Waals surface area contributed by atoms with Crippen LogP contribution in [0.3, 0.4) is 0 Å². The number of hydrogen-bond acceptors (Lipinski definition) is 7. The molecule has 0 radical (unpaired) electrons. The highest BCUT2D eigenvalue weighted by atomic mass is 16.5. The molecule has 0 saturated heterocycles. The quantitative estimate of drug-likeness (QED) is 0.776. The second-order valence-electron chi connectivity index (χ2n) is 6.31. The van der Waals surface area contributed by atoms with Crippen molar-refractivity contribution < 1.29 is 13.8 Å². The van der Waals surface area contributed by atoms with E-state index in [2.05, 4.69) is 25.6 Å². The van der Waals surface area contributed by atoms with Gasteiger partial charge in [-0.15, -0.1) is 0 Å². The van der Waals surface area contributed by atoms with Crippen molar-refractivity contribution in [1.29, 1.82) is 0 Å². The van der Waals surface area contributed by atoms with Crippen LogP contribution in [0.15, 0.2) is 9.05 Å². The summed E-state index contributed by atoms with van der Waals surface area (Å²) in [4.78, 5) is 21.8. The molecule has 3 heterocycles. The average molecular weight is 341 g/mol. The molecule has 4 rings (SSSR count). The zero-order valence-electron chi connectivity index (χ0n) is 14.4. The lowest BCUT2D eigenvalue weighted by Crippen LogP contribution is -2.28. The van der Waals surface area contributed by atoms with Gasteiger partial charge in [0, 0.05) is 12.1 Å². The highest BCUT2D eigenvalue weighted by molar-refractivity contribution is 6.07. The maximum Gasteiger partial charge on any atom is 0.259 e. The van der Waals surface area contributed by atoms with Gasteiger partial charge in [-0.1, -0.05) is 17.2 Å². The van der Waals surface area contributed by atoms with Crippen LogP contribution in [-0.2, 0) is 19.3 Å². The number of fused-ring (bicyclic) bond motifs is 2. The van der Waals surface area contributed by atoms with E-state index >= 15 is 0 Å². The molecule has 0 saturated carbocycles. The molecule has 0 unspecified atom stereocenters. The Hall–Kier alpha value is -2.77. The van der Waals surface area contributed by atoms with Crippen molar-refractivity contribution in [2.45, 2.75) is 52.5 Å². The van der Waals surface area contributed by atoms with E-state index < -0.39 is 0 Å². The predicted octanol–water partition coefficient (Wildman–Crippen LogP) is 2.46. The topological polar surface area (TPSA) is 107 Å². The lowest BCUT2D eigenvalue weighted by atomic mass is 10.0. The molecule has 1 aliphatic rings. The molecule has 1 aliphatic carbocycles. The SMILES string of the molecule is CCc1noc([C@H](C)NC(=O)c2c3c(nc4onc(C)c24)CCC3)n1. The first kappa shape index (κ1) is 15.7. The third kappa shape index (κ3) is 2.57. The van der Waals surface area contributed by atoms with Crippen molar-refractivity contribution in [3.8, 4) is 0 Å². The summed E-state index contributed by atoms with van der Waals surface area (Å²) in [6.45, 7) is 5.59. The van der Waals surface area contributed by atoms with Crippen LogP contribution >= 0.6 is 0 Å². The van der Waals surface area contributed by atoms with Crippen LogP contribution in [-0.4, -0.2) is 26.2 Å². The van der Waals surface area contributed by atoms with Crippen molar-refractivity contribution in [3.63, 3.8) is 0 Å². The van der Waals surface area contributed by atoms with Gasteiger partial charge in [-0.2, -0.15) is 4.98 Å². The largest absolute Gasteiger partial charge is 0.340 e. The Morgan fingerprint density at radius 2 is 2.08 bits per heavy atom. The van der Waals surface area contributed by atoms with Crippen LogP contribution < -0.4 is 5.32 Å². The van der Waals surface area contributed by atoms with Crippen LogP contribution in [0.1, 0.15) is 65.3 Å². The van der Waals surface area contributed by atoms with E-state index in [1.165, 1.54) is 0 Å². The van der Waals surface area contributed by atoms with Crippen molar-refractivity contribution in [2.75, 3.05) is 0 Å². The Morgan fingerprint density at radius 1 is 1.24 bits per heavy atom. The molecule has 25 heavy (non-hydrogen) atoms. The first-order chi connectivity index (χ1) is 12.1. The Bertz CT molecular complexity index is 959. The highest BCUT2D eigenvalue weighted by Crippen LogP contribution is 2.32. The molecular weight excluding hydrogens is 322 g/mol. The molecule has 0 fully saturated rings. The van der Waals surface area contributed by atoms with Gasteiger partial charge in [-0.25, -0.2) is 4.98 Å². The van der Waals surface area contributed by atoms with E-state index in [9.17, 15) is 4.79 Å². The molecule has 8 nitrogen and oxygen atoms in total. The molecule has 0 spiro atoms. The number of carbonyl (C=O) groups is 1. The normalized spacial score (nSPS) is 14.7. The molecule has 1 N–H and O–H groups in total. The molecule has 0 aromatic carbocycles. The number of rotatable bonds is 4. The molecular formula is C17H19N5O3. The second kappa shape index (κ2) is 5.94. The summed E-state index contributed by atoms with van der Waals surface area (Å²) >= 11 is 0. The van der Waals surface area contributed by atoms with Gasteiger partial charge in [-0.05, 0) is 38.7 Å². The Morgan fingerprint density at radius 3 is 2.84 bits per heavy atom. The minimum atomic E-state index is -0.388. The van der Waals surface area contributed by atoms with E-state index in [1.807, 2.05) is 20.8 Å². The summed E-state index contributed by atoms with van der Waals surface area (Å²) in [6.07, 6.45) is 3.36. The number of amides is 1. The third-order valence-electron chi connectivity index (χ3n) is 4.57. The molecule has 3 aromatic rings. The number of nitrogens with zero attached hydrogens (tertiary/aromatic N) is 4. The molecule has 130 valence electrons. The highest BCUT2D eigenvalue weighted by Gasteiger charge is 2.28. The number of aryl methyl sites for hydroxylation is 3. The van der Waals surface area contributed by atoms with Crippen LogP contribution in [0, 0.1) is 6.92 Å². The van der Waals surface area contributed by atoms with Gasteiger partial charge in [-0.3, -0.25) is 4.79 Å². The fraction of sp³-hybridized carbons (Fsp3) is 0.471. The summed E-state index contributed by atoms with van der Waals surface area (Å²) < 4.78 is 10.5. The number of pyridine rings is 1.